The molecule has 148 valence electrons. The molecule has 6 nitrogen and oxygen atoms in total. The minimum Gasteiger partial charge on any atom is -0.373 e. The number of carbonyl (C=O) groups is 2. The van der Waals surface area contributed by atoms with Gasteiger partial charge in [0.05, 0.1) is 6.04 Å². The molecule has 28 heavy (non-hydrogen) atoms. The molecule has 1 fully saturated rings. The predicted molar refractivity (Wildman–Crippen MR) is 107 cm³/mol. The van der Waals surface area contributed by atoms with E-state index in [1.165, 1.54) is 24.0 Å². The highest BCUT2D eigenvalue weighted by atomic mass is 16.2. The fourth-order valence-electron chi connectivity index (χ4n) is 3.92. The standard InChI is InChI=1S/C22H28N4O2/c1-2-21(19-8-7-17-5-3-4-6-18(17)13-19)24-22(28)20(14-23)15-25-9-11-26(16-27)12-10-25/h7-8,13,15-16,21H,2-6,9-12H2,1H3,(H,24,28)/b20-15-. The van der Waals surface area contributed by atoms with Gasteiger partial charge in [0, 0.05) is 32.4 Å². The van der Waals surface area contributed by atoms with Crippen LogP contribution in [-0.4, -0.2) is 48.3 Å². The Hall–Kier alpha value is -2.81. The molecule has 0 bridgehead atoms. The minimum atomic E-state index is -0.343. The fraction of sp³-hybridized carbons (Fsp3) is 0.500. The van der Waals surface area contributed by atoms with Crippen LogP contribution in [0.2, 0.25) is 0 Å². The zero-order valence-corrected chi connectivity index (χ0v) is 16.5. The molecule has 1 saturated heterocycles. The van der Waals surface area contributed by atoms with Crippen LogP contribution in [0.3, 0.4) is 0 Å². The molecule has 2 amide bonds. The number of hydrogen-bond donors (Lipinski definition) is 1. The Bertz CT molecular complexity index is 788. The van der Waals surface area contributed by atoms with Crippen molar-refractivity contribution in [1.82, 2.24) is 15.1 Å². The smallest absolute Gasteiger partial charge is 0.263 e. The summed E-state index contributed by atoms with van der Waals surface area (Å²) in [5.74, 6) is -0.343. The van der Waals surface area contributed by atoms with E-state index in [1.54, 1.807) is 11.1 Å². The first-order valence-electron chi connectivity index (χ1n) is 10.1. The number of nitrogens with one attached hydrogen (secondary N) is 1. The molecule has 6 heteroatoms. The second kappa shape index (κ2) is 9.41. The van der Waals surface area contributed by atoms with Crippen LogP contribution in [0.5, 0.6) is 0 Å². The molecule has 2 aliphatic rings. The van der Waals surface area contributed by atoms with Crippen molar-refractivity contribution in [1.29, 1.82) is 5.26 Å². The third-order valence-corrected chi connectivity index (χ3v) is 5.66. The van der Waals surface area contributed by atoms with Crippen molar-refractivity contribution < 1.29 is 9.59 Å². The lowest BCUT2D eigenvalue weighted by Crippen LogP contribution is -2.43. The van der Waals surface area contributed by atoms with Gasteiger partial charge in [-0.15, -0.1) is 0 Å². The Morgan fingerprint density at radius 3 is 2.50 bits per heavy atom. The van der Waals surface area contributed by atoms with Crippen LogP contribution in [0, 0.1) is 11.3 Å². The van der Waals surface area contributed by atoms with Crippen molar-refractivity contribution in [2.24, 2.45) is 0 Å². The van der Waals surface area contributed by atoms with Crippen LogP contribution in [0.1, 0.15) is 48.9 Å². The van der Waals surface area contributed by atoms with Crippen LogP contribution in [-0.2, 0) is 22.4 Å². The molecular weight excluding hydrogens is 352 g/mol. The van der Waals surface area contributed by atoms with Gasteiger partial charge in [0.15, 0.2) is 0 Å². The number of hydrogen-bond acceptors (Lipinski definition) is 4. The highest BCUT2D eigenvalue weighted by Crippen LogP contribution is 2.26. The van der Waals surface area contributed by atoms with Crippen LogP contribution in [0.25, 0.3) is 0 Å². The van der Waals surface area contributed by atoms with Gasteiger partial charge in [-0.1, -0.05) is 25.1 Å². The first kappa shape index (κ1) is 19.9. The summed E-state index contributed by atoms with van der Waals surface area (Å²) in [6, 6.07) is 8.43. The van der Waals surface area contributed by atoms with E-state index in [0.717, 1.165) is 31.2 Å². The van der Waals surface area contributed by atoms with Gasteiger partial charge in [-0.2, -0.15) is 5.26 Å². The van der Waals surface area contributed by atoms with Gasteiger partial charge in [0.2, 0.25) is 6.41 Å². The lowest BCUT2D eigenvalue weighted by Gasteiger charge is -2.31. The van der Waals surface area contributed by atoms with Gasteiger partial charge in [-0.25, -0.2) is 0 Å². The molecule has 0 aromatic heterocycles. The molecule has 0 saturated carbocycles. The third-order valence-electron chi connectivity index (χ3n) is 5.66. The molecule has 0 spiro atoms. The van der Waals surface area contributed by atoms with E-state index in [1.807, 2.05) is 17.9 Å². The van der Waals surface area contributed by atoms with E-state index in [9.17, 15) is 14.9 Å². The molecule has 1 atom stereocenters. The number of nitriles is 1. The minimum absolute atomic E-state index is 0.107. The summed E-state index contributed by atoms with van der Waals surface area (Å²) in [6.45, 7) is 4.50. The van der Waals surface area contributed by atoms with E-state index in [2.05, 4.69) is 23.5 Å². The van der Waals surface area contributed by atoms with Crippen molar-refractivity contribution in [3.05, 3.63) is 46.7 Å². The molecule has 0 radical (unpaired) electrons. The average Bonchev–Trinajstić information content (AvgIpc) is 2.75. The Balaban J connectivity index is 1.68. The lowest BCUT2D eigenvalue weighted by atomic mass is 9.88. The van der Waals surface area contributed by atoms with Crippen LogP contribution < -0.4 is 5.32 Å². The predicted octanol–water partition coefficient (Wildman–Crippen LogP) is 2.31. The zero-order valence-electron chi connectivity index (χ0n) is 16.5. The van der Waals surface area contributed by atoms with E-state index in [-0.39, 0.29) is 17.5 Å². The number of aryl methyl sites for hydroxylation is 2. The highest BCUT2D eigenvalue weighted by molar-refractivity contribution is 5.97. The van der Waals surface area contributed by atoms with Gasteiger partial charge in [0.25, 0.3) is 5.91 Å². The molecule has 1 aromatic carbocycles. The summed E-state index contributed by atoms with van der Waals surface area (Å²) in [5, 5.41) is 12.5. The maximum absolute atomic E-state index is 12.7. The number of fused-ring (bicyclic) bond motifs is 1. The normalized spacial score (nSPS) is 18.1. The maximum Gasteiger partial charge on any atom is 0.263 e. The van der Waals surface area contributed by atoms with Gasteiger partial charge in [-0.3, -0.25) is 9.59 Å². The Morgan fingerprint density at radius 1 is 1.18 bits per heavy atom. The van der Waals surface area contributed by atoms with Gasteiger partial charge < -0.3 is 15.1 Å². The fourth-order valence-corrected chi connectivity index (χ4v) is 3.92. The SMILES string of the molecule is CCC(NC(=O)/C(C#N)=C\N1CCN(C=O)CC1)c1ccc2c(c1)CCCC2. The van der Waals surface area contributed by atoms with Crippen molar-refractivity contribution in [3.8, 4) is 6.07 Å². The van der Waals surface area contributed by atoms with E-state index in [0.29, 0.717) is 26.2 Å². The largest absolute Gasteiger partial charge is 0.373 e. The van der Waals surface area contributed by atoms with E-state index < -0.39 is 0 Å². The van der Waals surface area contributed by atoms with E-state index >= 15 is 0 Å². The molecular formula is C22H28N4O2. The summed E-state index contributed by atoms with van der Waals surface area (Å²) >= 11 is 0. The van der Waals surface area contributed by atoms with Crippen molar-refractivity contribution in [2.45, 2.75) is 45.1 Å². The topological polar surface area (TPSA) is 76.4 Å². The highest BCUT2D eigenvalue weighted by Gasteiger charge is 2.20. The summed E-state index contributed by atoms with van der Waals surface area (Å²) in [6.07, 6.45) is 7.93. The second-order valence-corrected chi connectivity index (χ2v) is 7.50. The number of piperazine rings is 1. The molecule has 1 unspecified atom stereocenters. The van der Waals surface area contributed by atoms with Crippen LogP contribution in [0.4, 0.5) is 0 Å². The number of nitrogens with zero attached hydrogens (tertiary/aromatic N) is 3. The molecule has 1 aliphatic carbocycles. The van der Waals surface area contributed by atoms with Gasteiger partial charge >= 0.3 is 0 Å². The summed E-state index contributed by atoms with van der Waals surface area (Å²) in [7, 11) is 0. The summed E-state index contributed by atoms with van der Waals surface area (Å²) in [5.41, 5.74) is 4.02. The number of carbonyl (C=O) groups excluding carboxylic acids is 2. The Labute approximate surface area is 166 Å². The first-order valence-corrected chi connectivity index (χ1v) is 10.1. The number of rotatable bonds is 6. The van der Waals surface area contributed by atoms with Gasteiger partial charge in [-0.05, 0) is 48.8 Å². The lowest BCUT2D eigenvalue weighted by molar-refractivity contribution is -0.120. The maximum atomic E-state index is 12.7. The summed E-state index contributed by atoms with van der Waals surface area (Å²) in [4.78, 5) is 27.1. The molecule has 1 heterocycles. The van der Waals surface area contributed by atoms with E-state index in [4.69, 9.17) is 0 Å². The Morgan fingerprint density at radius 2 is 1.86 bits per heavy atom. The quantitative estimate of drug-likeness (QED) is 0.467. The zero-order chi connectivity index (χ0) is 19.9. The third kappa shape index (κ3) is 4.72. The molecule has 1 aliphatic heterocycles. The Kier molecular flexibility index (Phi) is 6.70. The molecule has 1 N–H and O–H groups in total. The molecule has 3 rings (SSSR count). The first-order chi connectivity index (χ1) is 13.6. The molecule has 1 aromatic rings. The van der Waals surface area contributed by atoms with Gasteiger partial charge in [0.1, 0.15) is 11.6 Å². The van der Waals surface area contributed by atoms with Crippen LogP contribution >= 0.6 is 0 Å². The van der Waals surface area contributed by atoms with Crippen molar-refractivity contribution in [2.75, 3.05) is 26.2 Å². The number of benzene rings is 1. The summed E-state index contributed by atoms with van der Waals surface area (Å²) < 4.78 is 0. The average molecular weight is 380 g/mol. The van der Waals surface area contributed by atoms with Crippen molar-refractivity contribution in [3.63, 3.8) is 0 Å². The monoisotopic (exact) mass is 380 g/mol. The second-order valence-electron chi connectivity index (χ2n) is 7.50. The van der Waals surface area contributed by atoms with Crippen LogP contribution in [0.15, 0.2) is 30.0 Å². The van der Waals surface area contributed by atoms with Crippen molar-refractivity contribution >= 4 is 12.3 Å². The number of amides is 2.